The first-order valence-electron chi connectivity index (χ1n) is 10.5. The molecular weight excluding hydrogens is 340 g/mol. The molecule has 1 saturated carbocycles. The first-order valence-corrected chi connectivity index (χ1v) is 10.5. The van der Waals surface area contributed by atoms with Gasteiger partial charge in [-0.05, 0) is 37.7 Å². The molecule has 1 heterocycles. The molecule has 2 amide bonds. The molecule has 2 fully saturated rings. The zero-order chi connectivity index (χ0) is 18.9. The van der Waals surface area contributed by atoms with Gasteiger partial charge in [0.15, 0.2) is 0 Å². The number of hydrogen-bond acceptors (Lipinski definition) is 3. The van der Waals surface area contributed by atoms with Crippen molar-refractivity contribution in [2.24, 2.45) is 0 Å². The van der Waals surface area contributed by atoms with E-state index in [9.17, 15) is 9.59 Å². The lowest BCUT2D eigenvalue weighted by Gasteiger charge is -2.24. The maximum Gasteiger partial charge on any atom is 0.242 e. The molecule has 1 unspecified atom stereocenters. The van der Waals surface area contributed by atoms with Crippen molar-refractivity contribution < 1.29 is 14.3 Å². The summed E-state index contributed by atoms with van der Waals surface area (Å²) in [5, 5.41) is 3.00. The molecule has 1 aliphatic carbocycles. The number of likely N-dealkylation sites (tertiary alicyclic amines) is 1. The van der Waals surface area contributed by atoms with Gasteiger partial charge < -0.3 is 15.0 Å². The highest BCUT2D eigenvalue weighted by Gasteiger charge is 2.33. The van der Waals surface area contributed by atoms with E-state index in [1.165, 1.54) is 32.1 Å². The lowest BCUT2D eigenvalue weighted by molar-refractivity contribution is -0.138. The lowest BCUT2D eigenvalue weighted by Crippen LogP contribution is -2.46. The monoisotopic (exact) mass is 372 g/mol. The van der Waals surface area contributed by atoms with Crippen LogP contribution in [0.5, 0.6) is 0 Å². The summed E-state index contributed by atoms with van der Waals surface area (Å²) >= 11 is 0. The number of carbonyl (C=O) groups excluding carboxylic acids is 2. The van der Waals surface area contributed by atoms with Gasteiger partial charge in [0, 0.05) is 19.7 Å². The van der Waals surface area contributed by atoms with Crippen molar-refractivity contribution in [1.82, 2.24) is 10.2 Å². The molecule has 5 heteroatoms. The molecular formula is C22H32N2O3. The van der Waals surface area contributed by atoms with Crippen LogP contribution in [-0.4, -0.2) is 48.6 Å². The van der Waals surface area contributed by atoms with E-state index in [2.05, 4.69) is 5.32 Å². The maximum atomic E-state index is 12.6. The number of nitrogens with zero attached hydrogens (tertiary/aromatic N) is 1. The van der Waals surface area contributed by atoms with Crippen LogP contribution >= 0.6 is 0 Å². The summed E-state index contributed by atoms with van der Waals surface area (Å²) in [5.41, 5.74) is 0.994. The predicted octanol–water partition coefficient (Wildman–Crippen LogP) is 3.08. The zero-order valence-corrected chi connectivity index (χ0v) is 16.2. The molecule has 1 atom stereocenters. The Morgan fingerprint density at radius 2 is 1.81 bits per heavy atom. The highest BCUT2D eigenvalue weighted by Crippen LogP contribution is 2.21. The van der Waals surface area contributed by atoms with Gasteiger partial charge in [0.1, 0.15) is 6.04 Å². The minimum atomic E-state index is -0.319. The molecule has 0 aromatic heterocycles. The summed E-state index contributed by atoms with van der Waals surface area (Å²) in [6.07, 6.45) is 9.47. The molecule has 1 saturated heterocycles. The van der Waals surface area contributed by atoms with E-state index in [0.29, 0.717) is 32.2 Å². The fourth-order valence-electron chi connectivity index (χ4n) is 4.09. The quantitative estimate of drug-likeness (QED) is 0.714. The summed E-state index contributed by atoms with van der Waals surface area (Å²) < 4.78 is 5.90. The van der Waals surface area contributed by atoms with Gasteiger partial charge in [-0.2, -0.15) is 0 Å². The Balaban J connectivity index is 1.37. The summed E-state index contributed by atoms with van der Waals surface area (Å²) in [5.74, 6) is 0.0195. The third kappa shape index (κ3) is 6.06. The van der Waals surface area contributed by atoms with Gasteiger partial charge in [-0.1, -0.05) is 49.6 Å². The second-order valence-electron chi connectivity index (χ2n) is 7.68. The van der Waals surface area contributed by atoms with Gasteiger partial charge in [-0.15, -0.1) is 0 Å². The molecule has 2 aliphatic rings. The number of carbonyl (C=O) groups is 2. The number of benzene rings is 1. The summed E-state index contributed by atoms with van der Waals surface area (Å²) in [6.45, 7) is 1.99. The van der Waals surface area contributed by atoms with Crippen LogP contribution in [0.3, 0.4) is 0 Å². The third-order valence-corrected chi connectivity index (χ3v) is 5.60. The molecule has 1 aromatic rings. The predicted molar refractivity (Wildman–Crippen MR) is 105 cm³/mol. The number of rotatable bonds is 8. The van der Waals surface area contributed by atoms with Crippen LogP contribution in [0, 0.1) is 0 Å². The summed E-state index contributed by atoms with van der Waals surface area (Å²) in [4.78, 5) is 26.9. The number of nitrogens with one attached hydrogen (secondary N) is 1. The van der Waals surface area contributed by atoms with Gasteiger partial charge in [-0.3, -0.25) is 9.59 Å². The van der Waals surface area contributed by atoms with Gasteiger partial charge in [0.05, 0.1) is 12.5 Å². The summed E-state index contributed by atoms with van der Waals surface area (Å²) in [6, 6.07) is 9.40. The third-order valence-electron chi connectivity index (χ3n) is 5.60. The molecule has 0 spiro atoms. The fraction of sp³-hybridized carbons (Fsp3) is 0.636. The van der Waals surface area contributed by atoms with Crippen molar-refractivity contribution >= 4 is 11.8 Å². The average Bonchev–Trinajstić information content (AvgIpc) is 3.19. The van der Waals surface area contributed by atoms with E-state index in [1.807, 2.05) is 30.3 Å². The number of ether oxygens (including phenoxy) is 1. The van der Waals surface area contributed by atoms with E-state index in [0.717, 1.165) is 24.8 Å². The van der Waals surface area contributed by atoms with Gasteiger partial charge in [0.25, 0.3) is 0 Å². The lowest BCUT2D eigenvalue weighted by atomic mass is 9.98. The smallest absolute Gasteiger partial charge is 0.242 e. The Hall–Kier alpha value is -1.88. The van der Waals surface area contributed by atoms with E-state index >= 15 is 0 Å². The number of hydrogen-bond donors (Lipinski definition) is 1. The minimum absolute atomic E-state index is 0.0217. The van der Waals surface area contributed by atoms with Crippen LogP contribution in [0.4, 0.5) is 0 Å². The summed E-state index contributed by atoms with van der Waals surface area (Å²) in [7, 11) is 0. The molecule has 148 valence electrons. The van der Waals surface area contributed by atoms with Crippen molar-refractivity contribution in [3.63, 3.8) is 0 Å². The molecule has 5 nitrogen and oxygen atoms in total. The minimum Gasteiger partial charge on any atom is -0.378 e. The van der Waals surface area contributed by atoms with Crippen molar-refractivity contribution in [2.45, 2.75) is 69.9 Å². The number of amides is 2. The molecule has 27 heavy (non-hydrogen) atoms. The fourth-order valence-corrected chi connectivity index (χ4v) is 4.09. The Morgan fingerprint density at radius 3 is 2.59 bits per heavy atom. The van der Waals surface area contributed by atoms with Crippen LogP contribution in [0.25, 0.3) is 0 Å². The van der Waals surface area contributed by atoms with E-state index < -0.39 is 0 Å². The molecule has 3 rings (SSSR count). The van der Waals surface area contributed by atoms with Crippen LogP contribution < -0.4 is 5.32 Å². The van der Waals surface area contributed by atoms with Crippen LogP contribution in [0.2, 0.25) is 0 Å². The van der Waals surface area contributed by atoms with Crippen molar-refractivity contribution in [3.05, 3.63) is 35.9 Å². The molecule has 1 aromatic carbocycles. The van der Waals surface area contributed by atoms with E-state index in [-0.39, 0.29) is 17.9 Å². The standard InChI is InChI=1S/C22H32N2O3/c25-21(17-18-9-3-1-4-10-18)24-15-7-13-20(24)22(26)23-14-8-16-27-19-11-5-2-6-12-19/h1,3-4,9-10,19-20H,2,5-8,11-17H2,(H,23,26). The van der Waals surface area contributed by atoms with Crippen molar-refractivity contribution in [1.29, 1.82) is 0 Å². The maximum absolute atomic E-state index is 12.6. The molecule has 1 aliphatic heterocycles. The Morgan fingerprint density at radius 1 is 1.04 bits per heavy atom. The van der Waals surface area contributed by atoms with Crippen LogP contribution in [0.1, 0.15) is 56.9 Å². The second-order valence-corrected chi connectivity index (χ2v) is 7.68. The molecule has 0 radical (unpaired) electrons. The zero-order valence-electron chi connectivity index (χ0n) is 16.2. The van der Waals surface area contributed by atoms with Gasteiger partial charge in [0.2, 0.25) is 11.8 Å². The van der Waals surface area contributed by atoms with Gasteiger partial charge >= 0.3 is 0 Å². The Bertz CT molecular complexity index is 599. The van der Waals surface area contributed by atoms with E-state index in [1.54, 1.807) is 4.90 Å². The van der Waals surface area contributed by atoms with Gasteiger partial charge in [-0.25, -0.2) is 0 Å². The van der Waals surface area contributed by atoms with E-state index in [4.69, 9.17) is 4.74 Å². The topological polar surface area (TPSA) is 58.6 Å². The first kappa shape index (κ1) is 19.9. The Labute approximate surface area is 162 Å². The van der Waals surface area contributed by atoms with Crippen LogP contribution in [0.15, 0.2) is 30.3 Å². The normalized spacial score (nSPS) is 20.6. The highest BCUT2D eigenvalue weighted by molar-refractivity contribution is 5.89. The van der Waals surface area contributed by atoms with Crippen molar-refractivity contribution in [2.75, 3.05) is 19.7 Å². The Kier molecular flexibility index (Phi) is 7.69. The molecule has 0 bridgehead atoms. The van der Waals surface area contributed by atoms with Crippen molar-refractivity contribution in [3.8, 4) is 0 Å². The van der Waals surface area contributed by atoms with Crippen LogP contribution in [-0.2, 0) is 20.7 Å². The first-order chi connectivity index (χ1) is 13.2. The SMILES string of the molecule is O=C(NCCCOC1CCCCC1)C1CCCN1C(=O)Cc1ccccc1. The second kappa shape index (κ2) is 10.5. The average molecular weight is 373 g/mol. The molecule has 1 N–H and O–H groups in total. The largest absolute Gasteiger partial charge is 0.378 e. The highest BCUT2D eigenvalue weighted by atomic mass is 16.5.